The molecule has 0 amide bonds. The summed E-state index contributed by atoms with van der Waals surface area (Å²) in [5.41, 5.74) is 12.9. The average Bonchev–Trinajstić information content (AvgIpc) is 3.37. The van der Waals surface area contributed by atoms with E-state index in [0.717, 1.165) is 22.2 Å². The zero-order valence-electron chi connectivity index (χ0n) is 22.5. The van der Waals surface area contributed by atoms with Gasteiger partial charge in [0, 0.05) is 21.9 Å². The Morgan fingerprint density at radius 2 is 1.22 bits per heavy atom. The molecular formula is C37H28N4. The standard InChI is InChI=1S/C37H28N4/c38-36(28-15-6-2-7-16-28)40-37(29-17-8-3-9-18-29)39-25-41-33-23-21-27-14-10-11-19-31(27)35(33)32-22-20-30(24-34(32)41)26-12-4-1-5-13-26/h1-24H,25H2,(H2,38,39,40). The summed E-state index contributed by atoms with van der Waals surface area (Å²) in [6, 6.07) is 50.1. The zero-order chi connectivity index (χ0) is 27.6. The van der Waals surface area contributed by atoms with Gasteiger partial charge in [0.1, 0.15) is 12.5 Å². The lowest BCUT2D eigenvalue weighted by Crippen LogP contribution is -2.16. The topological polar surface area (TPSA) is 55.7 Å². The van der Waals surface area contributed by atoms with Gasteiger partial charge < -0.3 is 10.3 Å². The summed E-state index contributed by atoms with van der Waals surface area (Å²) in [5, 5.41) is 4.90. The summed E-state index contributed by atoms with van der Waals surface area (Å²) < 4.78 is 2.29. The largest absolute Gasteiger partial charge is 0.383 e. The van der Waals surface area contributed by atoms with Crippen LogP contribution < -0.4 is 5.73 Å². The summed E-state index contributed by atoms with van der Waals surface area (Å²) in [6.07, 6.45) is 0. The molecule has 7 aromatic rings. The van der Waals surface area contributed by atoms with Crippen molar-refractivity contribution in [2.75, 3.05) is 0 Å². The second kappa shape index (κ2) is 10.6. The number of aliphatic imine (C=N–C) groups is 2. The molecule has 0 aliphatic carbocycles. The van der Waals surface area contributed by atoms with Gasteiger partial charge in [-0.25, -0.2) is 9.98 Å². The molecule has 0 saturated carbocycles. The van der Waals surface area contributed by atoms with Crippen LogP contribution >= 0.6 is 0 Å². The normalized spacial score (nSPS) is 12.4. The quantitative estimate of drug-likeness (QED) is 0.177. The highest BCUT2D eigenvalue weighted by Crippen LogP contribution is 2.37. The van der Waals surface area contributed by atoms with Crippen LogP contribution in [-0.4, -0.2) is 16.2 Å². The number of fused-ring (bicyclic) bond motifs is 5. The molecule has 2 N–H and O–H groups in total. The lowest BCUT2D eigenvalue weighted by molar-refractivity contribution is 0.791. The molecule has 4 heteroatoms. The molecular weight excluding hydrogens is 500 g/mol. The molecule has 7 rings (SSSR count). The highest BCUT2D eigenvalue weighted by atomic mass is 15.1. The molecule has 0 unspecified atom stereocenters. The van der Waals surface area contributed by atoms with Crippen molar-refractivity contribution in [1.82, 2.24) is 4.57 Å². The van der Waals surface area contributed by atoms with Crippen molar-refractivity contribution in [2.45, 2.75) is 6.67 Å². The van der Waals surface area contributed by atoms with Crippen LogP contribution in [0.4, 0.5) is 0 Å². The zero-order valence-corrected chi connectivity index (χ0v) is 22.5. The number of hydrogen-bond acceptors (Lipinski definition) is 1. The molecule has 0 aliphatic heterocycles. The molecule has 1 heterocycles. The monoisotopic (exact) mass is 528 g/mol. The van der Waals surface area contributed by atoms with Gasteiger partial charge in [-0.2, -0.15) is 0 Å². The van der Waals surface area contributed by atoms with Crippen LogP contribution in [0.25, 0.3) is 43.7 Å². The Kier molecular flexibility index (Phi) is 6.34. The van der Waals surface area contributed by atoms with E-state index in [4.69, 9.17) is 15.7 Å². The van der Waals surface area contributed by atoms with E-state index in [0.29, 0.717) is 18.3 Å². The van der Waals surface area contributed by atoms with Crippen molar-refractivity contribution in [2.24, 2.45) is 15.7 Å². The van der Waals surface area contributed by atoms with Crippen molar-refractivity contribution in [3.05, 3.63) is 157 Å². The highest BCUT2D eigenvalue weighted by molar-refractivity contribution is 6.21. The lowest BCUT2D eigenvalue weighted by Gasteiger charge is -2.09. The first kappa shape index (κ1) is 24.6. The van der Waals surface area contributed by atoms with Gasteiger partial charge in [-0.1, -0.05) is 133 Å². The molecule has 41 heavy (non-hydrogen) atoms. The number of benzene rings is 6. The Labute approximate surface area is 238 Å². The van der Waals surface area contributed by atoms with Gasteiger partial charge >= 0.3 is 0 Å². The summed E-state index contributed by atoms with van der Waals surface area (Å²) in [4.78, 5) is 9.92. The van der Waals surface area contributed by atoms with Crippen LogP contribution in [-0.2, 0) is 6.67 Å². The van der Waals surface area contributed by atoms with Gasteiger partial charge in [0.25, 0.3) is 0 Å². The third-order valence-electron chi connectivity index (χ3n) is 7.55. The SMILES string of the molecule is NC(=N/C(=N\Cn1c2cc(-c3ccccc3)ccc2c2c3ccccc3ccc21)c1ccccc1)c1ccccc1. The Hall–Kier alpha value is -5.48. The van der Waals surface area contributed by atoms with Crippen LogP contribution in [0.5, 0.6) is 0 Å². The fraction of sp³-hybridized carbons (Fsp3) is 0.0270. The van der Waals surface area contributed by atoms with Gasteiger partial charge in [0.2, 0.25) is 0 Å². The maximum absolute atomic E-state index is 6.47. The molecule has 4 nitrogen and oxygen atoms in total. The van der Waals surface area contributed by atoms with Gasteiger partial charge in [-0.15, -0.1) is 0 Å². The van der Waals surface area contributed by atoms with E-state index in [1.165, 1.54) is 32.7 Å². The van der Waals surface area contributed by atoms with Crippen molar-refractivity contribution in [3.63, 3.8) is 0 Å². The van der Waals surface area contributed by atoms with E-state index in [2.05, 4.69) is 83.4 Å². The van der Waals surface area contributed by atoms with E-state index >= 15 is 0 Å². The van der Waals surface area contributed by atoms with Crippen LogP contribution in [0, 0.1) is 0 Å². The van der Waals surface area contributed by atoms with Crippen molar-refractivity contribution in [3.8, 4) is 11.1 Å². The first-order valence-electron chi connectivity index (χ1n) is 13.7. The van der Waals surface area contributed by atoms with E-state index in [9.17, 15) is 0 Å². The summed E-state index contributed by atoms with van der Waals surface area (Å²) >= 11 is 0. The number of hydrogen-bond donors (Lipinski definition) is 1. The third-order valence-corrected chi connectivity index (χ3v) is 7.55. The number of amidine groups is 2. The van der Waals surface area contributed by atoms with Crippen LogP contribution in [0.15, 0.2) is 156 Å². The molecule has 0 radical (unpaired) electrons. The lowest BCUT2D eigenvalue weighted by atomic mass is 10.0. The highest BCUT2D eigenvalue weighted by Gasteiger charge is 2.15. The number of rotatable bonds is 5. The average molecular weight is 529 g/mol. The number of nitrogens with two attached hydrogens (primary N) is 1. The minimum atomic E-state index is 0.395. The van der Waals surface area contributed by atoms with Gasteiger partial charge in [-0.3, -0.25) is 0 Å². The van der Waals surface area contributed by atoms with E-state index < -0.39 is 0 Å². The maximum atomic E-state index is 6.47. The minimum Gasteiger partial charge on any atom is -0.383 e. The molecule has 0 spiro atoms. The molecule has 0 bridgehead atoms. The van der Waals surface area contributed by atoms with Gasteiger partial charge in [-0.05, 0) is 34.0 Å². The fourth-order valence-electron chi connectivity index (χ4n) is 5.53. The van der Waals surface area contributed by atoms with Gasteiger partial charge in [0.15, 0.2) is 5.84 Å². The second-order valence-electron chi connectivity index (χ2n) is 10.1. The molecule has 0 aliphatic rings. The van der Waals surface area contributed by atoms with E-state index in [1.807, 2.05) is 66.7 Å². The van der Waals surface area contributed by atoms with E-state index in [1.54, 1.807) is 0 Å². The summed E-state index contributed by atoms with van der Waals surface area (Å²) in [5.74, 6) is 1.04. The maximum Gasteiger partial charge on any atom is 0.158 e. The number of nitrogens with zero attached hydrogens (tertiary/aromatic N) is 3. The molecule has 6 aromatic carbocycles. The molecule has 0 fully saturated rings. The Bertz CT molecular complexity index is 2060. The minimum absolute atomic E-state index is 0.395. The van der Waals surface area contributed by atoms with Crippen molar-refractivity contribution < 1.29 is 0 Å². The third kappa shape index (κ3) is 4.66. The molecule has 0 saturated heterocycles. The Morgan fingerprint density at radius 1 is 0.561 bits per heavy atom. The van der Waals surface area contributed by atoms with E-state index in [-0.39, 0.29) is 0 Å². The van der Waals surface area contributed by atoms with Crippen LogP contribution in [0.3, 0.4) is 0 Å². The number of aromatic nitrogens is 1. The second-order valence-corrected chi connectivity index (χ2v) is 10.1. The molecule has 0 atom stereocenters. The molecule has 196 valence electrons. The fourth-order valence-corrected chi connectivity index (χ4v) is 5.53. The van der Waals surface area contributed by atoms with Crippen molar-refractivity contribution in [1.29, 1.82) is 0 Å². The Balaban J connectivity index is 1.44. The van der Waals surface area contributed by atoms with Crippen LogP contribution in [0.1, 0.15) is 11.1 Å². The predicted molar refractivity (Wildman–Crippen MR) is 173 cm³/mol. The smallest absolute Gasteiger partial charge is 0.158 e. The first-order chi connectivity index (χ1) is 20.3. The summed E-state index contributed by atoms with van der Waals surface area (Å²) in [7, 11) is 0. The Morgan fingerprint density at radius 3 is 1.98 bits per heavy atom. The van der Waals surface area contributed by atoms with Gasteiger partial charge in [0.05, 0.1) is 11.0 Å². The van der Waals surface area contributed by atoms with Crippen molar-refractivity contribution >= 4 is 44.2 Å². The summed E-state index contributed by atoms with van der Waals surface area (Å²) in [6.45, 7) is 0.395. The molecule has 1 aromatic heterocycles. The predicted octanol–water partition coefficient (Wildman–Crippen LogP) is 8.42. The first-order valence-corrected chi connectivity index (χ1v) is 13.7. The van der Waals surface area contributed by atoms with Crippen LogP contribution in [0.2, 0.25) is 0 Å².